The summed E-state index contributed by atoms with van der Waals surface area (Å²) in [5.74, 6) is -0.297. The van der Waals surface area contributed by atoms with E-state index in [0.29, 0.717) is 0 Å². The smallest absolute Gasteiger partial charge is 0.312 e. The number of nitrogens with one attached hydrogen (secondary N) is 2. The second kappa shape index (κ2) is 5.52. The van der Waals surface area contributed by atoms with E-state index < -0.39 is 12.1 Å². The highest BCUT2D eigenvalue weighted by atomic mass is 16.2. The molecular weight excluding hydrogens is 278 g/mol. The largest absolute Gasteiger partial charge is 0.352 e. The van der Waals surface area contributed by atoms with E-state index in [9.17, 15) is 9.59 Å². The summed E-state index contributed by atoms with van der Waals surface area (Å²) in [4.78, 5) is 22.8. The fourth-order valence-corrected chi connectivity index (χ4v) is 2.75. The Hall–Kier alpha value is -2.82. The van der Waals surface area contributed by atoms with Crippen molar-refractivity contribution in [2.24, 2.45) is 5.73 Å². The first kappa shape index (κ1) is 14.1. The maximum atomic E-state index is 12.0. The molecule has 0 radical (unpaired) electrons. The van der Waals surface area contributed by atoms with E-state index in [2.05, 4.69) is 22.8 Å². The molecule has 0 heterocycles. The Balaban J connectivity index is 1.77. The standard InChI is InChI=1S/C17H17N3O2/c1-10(19-17(18)22)16(21)20-13-6-7-15-12(9-13)8-11-4-2-3-5-14(11)15/h2-7,9-10H,8H2,1H3,(H,20,21)(H3,18,19,22)/t10-/m0/s1. The van der Waals surface area contributed by atoms with Crippen molar-refractivity contribution < 1.29 is 9.59 Å². The predicted molar refractivity (Wildman–Crippen MR) is 85.5 cm³/mol. The number of carbonyl (C=O) groups excluding carboxylic acids is 2. The van der Waals surface area contributed by atoms with E-state index >= 15 is 0 Å². The van der Waals surface area contributed by atoms with Crippen LogP contribution in [0.2, 0.25) is 0 Å². The van der Waals surface area contributed by atoms with Gasteiger partial charge >= 0.3 is 6.03 Å². The summed E-state index contributed by atoms with van der Waals surface area (Å²) < 4.78 is 0. The maximum absolute atomic E-state index is 12.0. The summed E-state index contributed by atoms with van der Waals surface area (Å²) in [6.07, 6.45) is 0.865. The first-order valence-electron chi connectivity index (χ1n) is 7.12. The number of amides is 3. The minimum absolute atomic E-state index is 0.297. The van der Waals surface area contributed by atoms with Crippen molar-refractivity contribution in [1.82, 2.24) is 5.32 Å². The third kappa shape index (κ3) is 2.65. The Morgan fingerprint density at radius 3 is 2.59 bits per heavy atom. The van der Waals surface area contributed by atoms with Gasteiger partial charge in [-0.2, -0.15) is 0 Å². The molecule has 0 saturated carbocycles. The second-order valence-corrected chi connectivity index (χ2v) is 5.43. The average Bonchev–Trinajstić information content (AvgIpc) is 2.84. The van der Waals surface area contributed by atoms with Crippen LogP contribution in [0.3, 0.4) is 0 Å². The molecule has 22 heavy (non-hydrogen) atoms. The number of fused-ring (bicyclic) bond motifs is 3. The first-order valence-corrected chi connectivity index (χ1v) is 7.12. The number of urea groups is 1. The van der Waals surface area contributed by atoms with E-state index in [1.807, 2.05) is 30.3 Å². The number of hydrogen-bond donors (Lipinski definition) is 3. The molecule has 5 nitrogen and oxygen atoms in total. The molecule has 1 aliphatic carbocycles. The zero-order chi connectivity index (χ0) is 15.7. The van der Waals surface area contributed by atoms with Crippen LogP contribution >= 0.6 is 0 Å². The number of nitrogens with two attached hydrogens (primary N) is 1. The minimum Gasteiger partial charge on any atom is -0.352 e. The molecule has 2 aromatic rings. The van der Waals surface area contributed by atoms with Crippen LogP contribution in [0.1, 0.15) is 18.1 Å². The van der Waals surface area contributed by atoms with Crippen molar-refractivity contribution in [3.8, 4) is 11.1 Å². The molecule has 3 amide bonds. The molecule has 0 saturated heterocycles. The van der Waals surface area contributed by atoms with Crippen LogP contribution < -0.4 is 16.4 Å². The van der Waals surface area contributed by atoms with Crippen molar-refractivity contribution in [3.05, 3.63) is 53.6 Å². The highest BCUT2D eigenvalue weighted by molar-refractivity contribution is 5.97. The summed E-state index contributed by atoms with van der Waals surface area (Å²) >= 11 is 0. The molecule has 0 aromatic heterocycles. The lowest BCUT2D eigenvalue weighted by Crippen LogP contribution is -2.44. The molecule has 5 heteroatoms. The number of anilines is 1. The number of hydrogen-bond acceptors (Lipinski definition) is 2. The fraction of sp³-hybridized carbons (Fsp3) is 0.176. The van der Waals surface area contributed by atoms with Gasteiger partial charge in [0.15, 0.2) is 0 Å². The maximum Gasteiger partial charge on any atom is 0.312 e. The third-order valence-corrected chi connectivity index (χ3v) is 3.81. The van der Waals surface area contributed by atoms with Gasteiger partial charge < -0.3 is 16.4 Å². The average molecular weight is 295 g/mol. The molecule has 2 aromatic carbocycles. The lowest BCUT2D eigenvalue weighted by molar-refractivity contribution is -0.117. The summed E-state index contributed by atoms with van der Waals surface area (Å²) in [5.41, 5.74) is 10.7. The molecule has 0 aliphatic heterocycles. The third-order valence-electron chi connectivity index (χ3n) is 3.81. The van der Waals surface area contributed by atoms with Gasteiger partial charge in [0.25, 0.3) is 0 Å². The van der Waals surface area contributed by atoms with Crippen LogP contribution in [0.15, 0.2) is 42.5 Å². The molecule has 1 atom stereocenters. The fourth-order valence-electron chi connectivity index (χ4n) is 2.75. The van der Waals surface area contributed by atoms with Crippen LogP contribution in [-0.4, -0.2) is 18.0 Å². The predicted octanol–water partition coefficient (Wildman–Crippen LogP) is 2.25. The van der Waals surface area contributed by atoms with Crippen molar-refractivity contribution in [2.75, 3.05) is 5.32 Å². The molecule has 3 rings (SSSR count). The zero-order valence-electron chi connectivity index (χ0n) is 12.2. The van der Waals surface area contributed by atoms with Crippen LogP contribution in [-0.2, 0) is 11.2 Å². The molecule has 4 N–H and O–H groups in total. The number of rotatable bonds is 3. The first-order chi connectivity index (χ1) is 10.5. The Bertz CT molecular complexity index is 755. The van der Waals surface area contributed by atoms with Gasteiger partial charge in [-0.3, -0.25) is 4.79 Å². The molecule has 1 aliphatic rings. The van der Waals surface area contributed by atoms with E-state index in [1.54, 1.807) is 6.92 Å². The topological polar surface area (TPSA) is 84.2 Å². The number of primary amides is 1. The molecule has 0 unspecified atom stereocenters. The van der Waals surface area contributed by atoms with Gasteiger partial charge in [-0.1, -0.05) is 30.3 Å². The van der Waals surface area contributed by atoms with Gasteiger partial charge in [-0.15, -0.1) is 0 Å². The van der Waals surface area contributed by atoms with Crippen LogP contribution in [0.25, 0.3) is 11.1 Å². The van der Waals surface area contributed by atoms with Gasteiger partial charge in [0.05, 0.1) is 0 Å². The van der Waals surface area contributed by atoms with Crippen LogP contribution in [0.5, 0.6) is 0 Å². The quantitative estimate of drug-likeness (QED) is 0.692. The van der Waals surface area contributed by atoms with Gasteiger partial charge in [-0.05, 0) is 47.7 Å². The summed E-state index contributed by atoms with van der Waals surface area (Å²) in [6, 6.07) is 12.8. The van der Waals surface area contributed by atoms with E-state index in [1.165, 1.54) is 22.3 Å². The van der Waals surface area contributed by atoms with Crippen LogP contribution in [0.4, 0.5) is 10.5 Å². The molecule has 0 spiro atoms. The second-order valence-electron chi connectivity index (χ2n) is 5.43. The zero-order valence-corrected chi connectivity index (χ0v) is 12.2. The van der Waals surface area contributed by atoms with Crippen molar-refractivity contribution in [1.29, 1.82) is 0 Å². The summed E-state index contributed by atoms with van der Waals surface area (Å²) in [5, 5.41) is 5.15. The monoisotopic (exact) mass is 295 g/mol. The SMILES string of the molecule is C[C@H](NC(N)=O)C(=O)Nc1ccc2c(c1)Cc1ccccc1-2. The lowest BCUT2D eigenvalue weighted by Gasteiger charge is -2.13. The summed E-state index contributed by atoms with van der Waals surface area (Å²) in [7, 11) is 0. The lowest BCUT2D eigenvalue weighted by atomic mass is 10.1. The van der Waals surface area contributed by atoms with E-state index in [-0.39, 0.29) is 5.91 Å². The highest BCUT2D eigenvalue weighted by Crippen LogP contribution is 2.37. The van der Waals surface area contributed by atoms with E-state index in [4.69, 9.17) is 5.73 Å². The Labute approximate surface area is 128 Å². The minimum atomic E-state index is -0.716. The van der Waals surface area contributed by atoms with Crippen molar-refractivity contribution in [3.63, 3.8) is 0 Å². The molecule has 112 valence electrons. The molecule has 0 bridgehead atoms. The number of benzene rings is 2. The summed E-state index contributed by atoms with van der Waals surface area (Å²) in [6.45, 7) is 1.59. The molecular formula is C17H17N3O2. The van der Waals surface area contributed by atoms with Gasteiger partial charge in [0.2, 0.25) is 5.91 Å². The molecule has 0 fully saturated rings. The highest BCUT2D eigenvalue weighted by Gasteiger charge is 2.19. The van der Waals surface area contributed by atoms with Crippen molar-refractivity contribution >= 4 is 17.6 Å². The Morgan fingerprint density at radius 1 is 1.09 bits per heavy atom. The Kier molecular flexibility index (Phi) is 3.55. The normalized spacial score (nSPS) is 13.0. The van der Waals surface area contributed by atoms with Crippen molar-refractivity contribution in [2.45, 2.75) is 19.4 Å². The Morgan fingerprint density at radius 2 is 1.82 bits per heavy atom. The van der Waals surface area contributed by atoms with Gasteiger partial charge in [0.1, 0.15) is 6.04 Å². The van der Waals surface area contributed by atoms with E-state index in [0.717, 1.165) is 12.1 Å². The van der Waals surface area contributed by atoms with Crippen LogP contribution in [0, 0.1) is 0 Å². The van der Waals surface area contributed by atoms with Gasteiger partial charge in [-0.25, -0.2) is 4.79 Å². The van der Waals surface area contributed by atoms with Gasteiger partial charge in [0, 0.05) is 5.69 Å². The number of carbonyl (C=O) groups is 2.